The largest absolute Gasteiger partial charge is 0.489 e. The molecule has 3 heterocycles. The molecule has 3 aromatic carbocycles. The fourth-order valence-corrected chi connectivity index (χ4v) is 6.71. The lowest BCUT2D eigenvalue weighted by molar-refractivity contribution is -0.126. The average molecular weight is 599 g/mol. The molecule has 2 atom stereocenters. The zero-order valence-electron chi connectivity index (χ0n) is 25.9. The van der Waals surface area contributed by atoms with Crippen molar-refractivity contribution in [3.05, 3.63) is 89.5 Å². The van der Waals surface area contributed by atoms with E-state index in [1.807, 2.05) is 48.5 Å². The number of nitrogens with zero attached hydrogens (tertiary/aromatic N) is 2. The van der Waals surface area contributed by atoms with E-state index in [1.54, 1.807) is 0 Å². The van der Waals surface area contributed by atoms with Crippen LogP contribution in [0.15, 0.2) is 72.8 Å². The molecule has 0 aliphatic carbocycles. The topological polar surface area (TPSA) is 75.3 Å². The van der Waals surface area contributed by atoms with E-state index in [0.29, 0.717) is 19.2 Å². The summed E-state index contributed by atoms with van der Waals surface area (Å²) in [6.07, 6.45) is 5.02. The van der Waals surface area contributed by atoms with Gasteiger partial charge in [0.1, 0.15) is 12.4 Å². The molecule has 0 saturated carbocycles. The molecule has 1 amide bonds. The molecule has 8 nitrogen and oxygen atoms in total. The molecular formula is C36H46N4O4. The molecule has 0 aromatic heterocycles. The van der Waals surface area contributed by atoms with Gasteiger partial charge in [-0.3, -0.25) is 9.69 Å². The summed E-state index contributed by atoms with van der Waals surface area (Å²) in [6.45, 7) is 8.75. The van der Waals surface area contributed by atoms with Crippen LogP contribution in [0.5, 0.6) is 17.2 Å². The highest BCUT2D eigenvalue weighted by Crippen LogP contribution is 2.32. The fourth-order valence-electron chi connectivity index (χ4n) is 6.71. The van der Waals surface area contributed by atoms with Crippen LogP contribution in [0, 0.1) is 0 Å². The van der Waals surface area contributed by atoms with Crippen LogP contribution in [-0.4, -0.2) is 73.3 Å². The maximum absolute atomic E-state index is 13.6. The Balaban J connectivity index is 1.02. The van der Waals surface area contributed by atoms with E-state index in [1.165, 1.54) is 12.0 Å². The SMILES string of the molecule is CCCN1CCC(N2C[C@@H](NCc3ccc(OCc4ccccc4)cc3)C[C@H]2C(=O)NCCc2ccc3c(c2)OCO3)CC1. The van der Waals surface area contributed by atoms with Crippen LogP contribution in [0.3, 0.4) is 0 Å². The third-order valence-corrected chi connectivity index (χ3v) is 9.12. The van der Waals surface area contributed by atoms with E-state index in [0.717, 1.165) is 86.8 Å². The highest BCUT2D eigenvalue weighted by atomic mass is 16.7. The molecule has 6 rings (SSSR count). The van der Waals surface area contributed by atoms with E-state index >= 15 is 0 Å². The van der Waals surface area contributed by atoms with E-state index in [-0.39, 0.29) is 24.8 Å². The number of amides is 1. The van der Waals surface area contributed by atoms with Gasteiger partial charge in [0, 0.05) is 31.7 Å². The standard InChI is InChI=1S/C36H46N4O4/c1-2-18-39-19-15-31(16-20-39)40-24-30(38-23-28-8-11-32(12-9-28)42-25-29-6-4-3-5-7-29)22-33(40)36(41)37-17-14-27-10-13-34-35(21-27)44-26-43-34/h3-13,21,30-31,33,38H,2,14-20,22-26H2,1H3,(H,37,41)/t30-,33-/m0/s1. The number of ether oxygens (including phenoxy) is 3. The summed E-state index contributed by atoms with van der Waals surface area (Å²) in [4.78, 5) is 18.7. The van der Waals surface area contributed by atoms with Gasteiger partial charge in [-0.2, -0.15) is 0 Å². The van der Waals surface area contributed by atoms with Crippen molar-refractivity contribution in [1.29, 1.82) is 0 Å². The molecule has 44 heavy (non-hydrogen) atoms. The van der Waals surface area contributed by atoms with Crippen molar-refractivity contribution in [2.24, 2.45) is 0 Å². The van der Waals surface area contributed by atoms with Gasteiger partial charge >= 0.3 is 0 Å². The van der Waals surface area contributed by atoms with E-state index in [9.17, 15) is 4.79 Å². The number of fused-ring (bicyclic) bond motifs is 1. The zero-order valence-corrected chi connectivity index (χ0v) is 25.9. The van der Waals surface area contributed by atoms with Crippen LogP contribution in [0.4, 0.5) is 0 Å². The minimum absolute atomic E-state index is 0.110. The quantitative estimate of drug-likeness (QED) is 0.294. The molecule has 2 saturated heterocycles. The van der Waals surface area contributed by atoms with Crippen molar-refractivity contribution >= 4 is 5.91 Å². The first-order valence-electron chi connectivity index (χ1n) is 16.3. The summed E-state index contributed by atoms with van der Waals surface area (Å²) in [5.74, 6) is 2.59. The van der Waals surface area contributed by atoms with Crippen molar-refractivity contribution in [3.63, 3.8) is 0 Å². The Kier molecular flexibility index (Phi) is 10.3. The van der Waals surface area contributed by atoms with Crippen LogP contribution in [0.2, 0.25) is 0 Å². The number of hydrogen-bond donors (Lipinski definition) is 2. The molecule has 0 unspecified atom stereocenters. The maximum atomic E-state index is 13.6. The van der Waals surface area contributed by atoms with Crippen molar-refractivity contribution in [2.75, 3.05) is 39.5 Å². The lowest BCUT2D eigenvalue weighted by atomic mass is 10.0. The molecule has 3 aromatic rings. The van der Waals surface area contributed by atoms with Crippen molar-refractivity contribution in [1.82, 2.24) is 20.4 Å². The smallest absolute Gasteiger partial charge is 0.237 e. The Bertz CT molecular complexity index is 1340. The second kappa shape index (κ2) is 14.9. The highest BCUT2D eigenvalue weighted by molar-refractivity contribution is 5.82. The lowest BCUT2D eigenvalue weighted by Crippen LogP contribution is -2.51. The molecule has 234 valence electrons. The Labute approximate surface area is 261 Å². The van der Waals surface area contributed by atoms with Gasteiger partial charge in [0.25, 0.3) is 0 Å². The average Bonchev–Trinajstić information content (AvgIpc) is 3.72. The molecule has 3 aliphatic rings. The Morgan fingerprint density at radius 2 is 1.70 bits per heavy atom. The molecule has 2 fully saturated rings. The fraction of sp³-hybridized carbons (Fsp3) is 0.472. The summed E-state index contributed by atoms with van der Waals surface area (Å²) in [6, 6.07) is 25.2. The Morgan fingerprint density at radius 1 is 0.932 bits per heavy atom. The van der Waals surface area contributed by atoms with Crippen molar-refractivity contribution in [3.8, 4) is 17.2 Å². The second-order valence-corrected chi connectivity index (χ2v) is 12.2. The summed E-state index contributed by atoms with van der Waals surface area (Å²) in [7, 11) is 0. The van der Waals surface area contributed by atoms with Crippen LogP contribution in [0.25, 0.3) is 0 Å². The van der Waals surface area contributed by atoms with Crippen LogP contribution < -0.4 is 24.8 Å². The lowest BCUT2D eigenvalue weighted by Gasteiger charge is -2.39. The van der Waals surface area contributed by atoms with Gasteiger partial charge < -0.3 is 29.7 Å². The number of rotatable bonds is 13. The highest BCUT2D eigenvalue weighted by Gasteiger charge is 2.40. The number of benzene rings is 3. The van der Waals surface area contributed by atoms with Crippen molar-refractivity contribution < 1.29 is 19.0 Å². The first-order chi connectivity index (χ1) is 21.6. The van der Waals surface area contributed by atoms with Gasteiger partial charge in [0.05, 0.1) is 6.04 Å². The zero-order chi connectivity index (χ0) is 30.1. The second-order valence-electron chi connectivity index (χ2n) is 12.2. The summed E-state index contributed by atoms with van der Waals surface area (Å²) in [5, 5.41) is 7.02. The summed E-state index contributed by atoms with van der Waals surface area (Å²) in [5.41, 5.74) is 3.51. The van der Waals surface area contributed by atoms with E-state index in [2.05, 4.69) is 51.6 Å². The third-order valence-electron chi connectivity index (χ3n) is 9.12. The number of carbonyl (C=O) groups is 1. The first kappa shape index (κ1) is 30.4. The van der Waals surface area contributed by atoms with Gasteiger partial charge in [0.15, 0.2) is 11.5 Å². The molecule has 2 N–H and O–H groups in total. The van der Waals surface area contributed by atoms with Crippen LogP contribution in [-0.2, 0) is 24.4 Å². The molecule has 8 heteroatoms. The number of nitrogens with one attached hydrogen (secondary N) is 2. The predicted octanol–water partition coefficient (Wildman–Crippen LogP) is 4.76. The number of piperidine rings is 1. The van der Waals surface area contributed by atoms with Gasteiger partial charge in [0.2, 0.25) is 12.7 Å². The van der Waals surface area contributed by atoms with Crippen molar-refractivity contribution in [2.45, 2.75) is 70.3 Å². The number of carbonyl (C=O) groups excluding carboxylic acids is 1. The molecular weight excluding hydrogens is 552 g/mol. The van der Waals surface area contributed by atoms with E-state index in [4.69, 9.17) is 14.2 Å². The molecule has 0 radical (unpaired) electrons. The summed E-state index contributed by atoms with van der Waals surface area (Å²) < 4.78 is 16.9. The maximum Gasteiger partial charge on any atom is 0.237 e. The van der Waals surface area contributed by atoms with Gasteiger partial charge in [-0.1, -0.05) is 55.5 Å². The van der Waals surface area contributed by atoms with Gasteiger partial charge in [-0.15, -0.1) is 0 Å². The molecule has 0 spiro atoms. The summed E-state index contributed by atoms with van der Waals surface area (Å²) >= 11 is 0. The third kappa shape index (κ3) is 7.92. The Hall–Kier alpha value is -3.59. The van der Waals surface area contributed by atoms with Gasteiger partial charge in [-0.25, -0.2) is 0 Å². The predicted molar refractivity (Wildman–Crippen MR) is 172 cm³/mol. The number of hydrogen-bond acceptors (Lipinski definition) is 7. The molecule has 3 aliphatic heterocycles. The minimum Gasteiger partial charge on any atom is -0.489 e. The Morgan fingerprint density at radius 3 is 2.50 bits per heavy atom. The van der Waals surface area contributed by atoms with E-state index < -0.39 is 0 Å². The van der Waals surface area contributed by atoms with Crippen LogP contribution >= 0.6 is 0 Å². The normalized spacial score (nSPS) is 20.6. The van der Waals surface area contributed by atoms with Gasteiger partial charge in [-0.05, 0) is 92.7 Å². The van der Waals surface area contributed by atoms with Crippen LogP contribution in [0.1, 0.15) is 49.3 Å². The minimum atomic E-state index is -0.110. The molecule has 0 bridgehead atoms. The monoisotopic (exact) mass is 598 g/mol. The number of likely N-dealkylation sites (tertiary alicyclic amines) is 2. The first-order valence-corrected chi connectivity index (χ1v) is 16.3.